The number of aryl methyl sites for hydroxylation is 1. The molecule has 0 atom stereocenters. The van der Waals surface area contributed by atoms with Gasteiger partial charge in [-0.05, 0) is 36.2 Å². The molecule has 0 saturated carbocycles. The van der Waals surface area contributed by atoms with Crippen molar-refractivity contribution in [2.45, 2.75) is 13.3 Å². The van der Waals surface area contributed by atoms with Crippen molar-refractivity contribution in [2.75, 3.05) is 11.9 Å². The number of anilines is 1. The molecular formula is C19H17ClN2O2S. The molecule has 0 aliphatic heterocycles. The monoisotopic (exact) mass is 372 g/mol. The van der Waals surface area contributed by atoms with E-state index < -0.39 is 0 Å². The van der Waals surface area contributed by atoms with Gasteiger partial charge in [0.2, 0.25) is 0 Å². The highest BCUT2D eigenvalue weighted by atomic mass is 35.5. The topological polar surface area (TPSA) is 51.2 Å². The minimum absolute atomic E-state index is 0.0526. The summed E-state index contributed by atoms with van der Waals surface area (Å²) in [7, 11) is 0. The molecule has 0 aliphatic rings. The number of carbonyl (C=O) groups is 1. The van der Waals surface area contributed by atoms with E-state index in [2.05, 4.69) is 17.2 Å². The number of rotatable bonds is 6. The molecule has 3 rings (SSSR count). The molecule has 3 aromatic rings. The number of carbonyl (C=O) groups excluding carboxylic acids is 1. The van der Waals surface area contributed by atoms with Gasteiger partial charge >= 0.3 is 0 Å². The van der Waals surface area contributed by atoms with Gasteiger partial charge in [0, 0.05) is 16.0 Å². The molecule has 0 unspecified atom stereocenters. The lowest BCUT2D eigenvalue weighted by atomic mass is 10.2. The second-order valence-corrected chi connectivity index (χ2v) is 6.68. The van der Waals surface area contributed by atoms with Crippen molar-refractivity contribution in [3.8, 4) is 17.0 Å². The Labute approximate surface area is 155 Å². The minimum Gasteiger partial charge on any atom is -0.484 e. The van der Waals surface area contributed by atoms with E-state index >= 15 is 0 Å². The first-order chi connectivity index (χ1) is 12.1. The number of nitrogens with zero attached hydrogens (tertiary/aromatic N) is 1. The van der Waals surface area contributed by atoms with Crippen molar-refractivity contribution in [1.29, 1.82) is 0 Å². The fourth-order valence-corrected chi connectivity index (χ4v) is 3.11. The molecule has 0 saturated heterocycles. The quantitative estimate of drug-likeness (QED) is 0.659. The van der Waals surface area contributed by atoms with Crippen molar-refractivity contribution in [3.63, 3.8) is 0 Å². The molecule has 0 aliphatic carbocycles. The summed E-state index contributed by atoms with van der Waals surface area (Å²) in [5, 5.41) is 5.87. The van der Waals surface area contributed by atoms with Crippen LogP contribution in [0.25, 0.3) is 11.3 Å². The summed E-state index contributed by atoms with van der Waals surface area (Å²) >= 11 is 7.26. The summed E-state index contributed by atoms with van der Waals surface area (Å²) in [4.78, 5) is 16.5. The number of aromatic nitrogens is 1. The van der Waals surface area contributed by atoms with E-state index in [1.54, 1.807) is 0 Å². The van der Waals surface area contributed by atoms with Crippen LogP contribution in [-0.2, 0) is 11.2 Å². The van der Waals surface area contributed by atoms with Crippen LogP contribution in [-0.4, -0.2) is 17.5 Å². The van der Waals surface area contributed by atoms with Gasteiger partial charge in [-0.3, -0.25) is 10.1 Å². The molecule has 6 heteroatoms. The van der Waals surface area contributed by atoms with Crippen LogP contribution in [0.1, 0.15) is 12.5 Å². The Morgan fingerprint density at radius 1 is 1.24 bits per heavy atom. The Kier molecular flexibility index (Phi) is 5.68. The SMILES string of the molecule is CCc1cccc(OCC(=O)Nc2nc(-c3ccc(Cl)cc3)cs2)c1. The smallest absolute Gasteiger partial charge is 0.264 e. The first-order valence-corrected chi connectivity index (χ1v) is 9.13. The third-order valence-electron chi connectivity index (χ3n) is 3.57. The number of ether oxygens (including phenoxy) is 1. The summed E-state index contributed by atoms with van der Waals surface area (Å²) in [5.41, 5.74) is 2.92. The summed E-state index contributed by atoms with van der Waals surface area (Å²) < 4.78 is 5.54. The number of hydrogen-bond donors (Lipinski definition) is 1. The average molecular weight is 373 g/mol. The molecule has 0 bridgehead atoms. The zero-order chi connectivity index (χ0) is 17.6. The summed E-state index contributed by atoms with van der Waals surface area (Å²) in [6.07, 6.45) is 0.927. The Hall–Kier alpha value is -2.37. The standard InChI is InChI=1S/C19H17ClN2O2S/c1-2-13-4-3-5-16(10-13)24-11-18(23)22-19-21-17(12-25-19)14-6-8-15(20)9-7-14/h3-10,12H,2,11H2,1H3,(H,21,22,23). The maximum absolute atomic E-state index is 12.0. The van der Waals surface area contributed by atoms with Crippen LogP contribution in [0.5, 0.6) is 5.75 Å². The molecule has 0 fully saturated rings. The van der Waals surface area contributed by atoms with Crippen molar-refractivity contribution < 1.29 is 9.53 Å². The third kappa shape index (κ3) is 4.81. The molecule has 1 N–H and O–H groups in total. The molecule has 4 nitrogen and oxygen atoms in total. The van der Waals surface area contributed by atoms with Crippen LogP contribution < -0.4 is 10.1 Å². The van der Waals surface area contributed by atoms with Gasteiger partial charge in [-0.1, -0.05) is 42.8 Å². The van der Waals surface area contributed by atoms with Crippen molar-refractivity contribution in [2.24, 2.45) is 0 Å². The zero-order valence-corrected chi connectivity index (χ0v) is 15.2. The molecule has 25 heavy (non-hydrogen) atoms. The Morgan fingerprint density at radius 2 is 2.04 bits per heavy atom. The maximum Gasteiger partial charge on any atom is 0.264 e. The highest BCUT2D eigenvalue weighted by molar-refractivity contribution is 7.14. The third-order valence-corrected chi connectivity index (χ3v) is 4.58. The summed E-state index contributed by atoms with van der Waals surface area (Å²) in [6.45, 7) is 2.02. The van der Waals surface area contributed by atoms with E-state index in [4.69, 9.17) is 16.3 Å². The normalized spacial score (nSPS) is 10.5. The summed E-state index contributed by atoms with van der Waals surface area (Å²) in [6, 6.07) is 15.1. The molecule has 0 radical (unpaired) electrons. The fraction of sp³-hybridized carbons (Fsp3) is 0.158. The highest BCUT2D eigenvalue weighted by Crippen LogP contribution is 2.26. The van der Waals surface area contributed by atoms with E-state index in [0.29, 0.717) is 15.9 Å². The van der Waals surface area contributed by atoms with E-state index in [1.165, 1.54) is 16.9 Å². The van der Waals surface area contributed by atoms with E-state index in [0.717, 1.165) is 17.7 Å². The van der Waals surface area contributed by atoms with Gasteiger partial charge in [0.05, 0.1) is 5.69 Å². The van der Waals surface area contributed by atoms with Crippen LogP contribution in [0.15, 0.2) is 53.9 Å². The highest BCUT2D eigenvalue weighted by Gasteiger charge is 2.09. The number of hydrogen-bond acceptors (Lipinski definition) is 4. The Bertz CT molecular complexity index is 862. The molecular weight excluding hydrogens is 356 g/mol. The van der Waals surface area contributed by atoms with Gasteiger partial charge in [0.25, 0.3) is 5.91 Å². The Balaban J connectivity index is 1.57. The number of amides is 1. The molecule has 1 amide bonds. The number of nitrogens with one attached hydrogen (secondary N) is 1. The minimum atomic E-state index is -0.237. The number of halogens is 1. The van der Waals surface area contributed by atoms with Gasteiger partial charge in [0.1, 0.15) is 5.75 Å². The van der Waals surface area contributed by atoms with Gasteiger partial charge in [0.15, 0.2) is 11.7 Å². The average Bonchev–Trinajstić information content (AvgIpc) is 3.09. The Morgan fingerprint density at radius 3 is 2.80 bits per heavy atom. The largest absolute Gasteiger partial charge is 0.484 e. The lowest BCUT2D eigenvalue weighted by Crippen LogP contribution is -2.20. The van der Waals surface area contributed by atoms with Crippen LogP contribution in [0.2, 0.25) is 5.02 Å². The second kappa shape index (κ2) is 8.14. The summed E-state index contributed by atoms with van der Waals surface area (Å²) in [5.74, 6) is 0.453. The molecule has 1 heterocycles. The van der Waals surface area contributed by atoms with Gasteiger partial charge < -0.3 is 4.74 Å². The molecule has 1 aromatic heterocycles. The lowest BCUT2D eigenvalue weighted by Gasteiger charge is -2.07. The van der Waals surface area contributed by atoms with E-state index in [9.17, 15) is 4.79 Å². The first-order valence-electron chi connectivity index (χ1n) is 7.87. The lowest BCUT2D eigenvalue weighted by molar-refractivity contribution is -0.118. The van der Waals surface area contributed by atoms with Crippen LogP contribution >= 0.6 is 22.9 Å². The van der Waals surface area contributed by atoms with E-state index in [-0.39, 0.29) is 12.5 Å². The molecule has 128 valence electrons. The zero-order valence-electron chi connectivity index (χ0n) is 13.7. The number of benzene rings is 2. The van der Waals surface area contributed by atoms with Crippen LogP contribution in [0, 0.1) is 0 Å². The maximum atomic E-state index is 12.0. The first kappa shape index (κ1) is 17.5. The van der Waals surface area contributed by atoms with Crippen LogP contribution in [0.3, 0.4) is 0 Å². The fourth-order valence-electron chi connectivity index (χ4n) is 2.24. The van der Waals surface area contributed by atoms with Gasteiger partial charge in [-0.2, -0.15) is 0 Å². The second-order valence-electron chi connectivity index (χ2n) is 5.38. The molecule has 2 aromatic carbocycles. The number of thiazole rings is 1. The van der Waals surface area contributed by atoms with Crippen molar-refractivity contribution >= 4 is 34.0 Å². The van der Waals surface area contributed by atoms with Crippen molar-refractivity contribution in [1.82, 2.24) is 4.98 Å². The van der Waals surface area contributed by atoms with E-state index in [1.807, 2.05) is 53.9 Å². The predicted molar refractivity (Wildman–Crippen MR) is 103 cm³/mol. The molecule has 0 spiro atoms. The van der Waals surface area contributed by atoms with Crippen LogP contribution in [0.4, 0.5) is 5.13 Å². The van der Waals surface area contributed by atoms with Gasteiger partial charge in [-0.25, -0.2) is 4.98 Å². The van der Waals surface area contributed by atoms with Crippen molar-refractivity contribution in [3.05, 3.63) is 64.5 Å². The predicted octanol–water partition coefficient (Wildman–Crippen LogP) is 5.04. The van der Waals surface area contributed by atoms with Gasteiger partial charge in [-0.15, -0.1) is 11.3 Å².